The third-order valence-corrected chi connectivity index (χ3v) is 7.21. The summed E-state index contributed by atoms with van der Waals surface area (Å²) < 4.78 is 5.43. The van der Waals surface area contributed by atoms with Crippen molar-refractivity contribution in [2.75, 3.05) is 13.1 Å². The summed E-state index contributed by atoms with van der Waals surface area (Å²) in [6.45, 7) is 0.268. The first-order valence-corrected chi connectivity index (χ1v) is 14.7. The van der Waals surface area contributed by atoms with Gasteiger partial charge in [0, 0.05) is 13.0 Å². The van der Waals surface area contributed by atoms with E-state index in [4.69, 9.17) is 4.74 Å². The van der Waals surface area contributed by atoms with E-state index < -0.39 is 30.3 Å². The van der Waals surface area contributed by atoms with Crippen LogP contribution in [0, 0.1) is 0 Å². The fourth-order valence-corrected chi connectivity index (χ4v) is 4.82. The van der Waals surface area contributed by atoms with Crippen LogP contribution in [0.15, 0.2) is 121 Å². The van der Waals surface area contributed by atoms with Gasteiger partial charge in [0.25, 0.3) is 0 Å². The average molecular weight is 593 g/mol. The summed E-state index contributed by atoms with van der Waals surface area (Å²) >= 11 is 0. The molecule has 8 nitrogen and oxygen atoms in total. The third-order valence-electron chi connectivity index (χ3n) is 7.21. The molecule has 0 spiro atoms. The van der Waals surface area contributed by atoms with Gasteiger partial charge in [-0.3, -0.25) is 4.79 Å². The SMILES string of the molecule is O=[C][C@H](Cc1ccccc1)NC(=O)N(CCc1ccccc1)CC(O)C(Cc1ccccc1)NC(=O)OCc1ccccc1. The Hall–Kier alpha value is -4.95. The zero-order chi connectivity index (χ0) is 31.0. The quantitative estimate of drug-likeness (QED) is 0.183. The number of ether oxygens (including phenoxy) is 1. The van der Waals surface area contributed by atoms with Gasteiger partial charge in [0.1, 0.15) is 12.6 Å². The van der Waals surface area contributed by atoms with Crippen molar-refractivity contribution >= 4 is 18.4 Å². The van der Waals surface area contributed by atoms with Crippen LogP contribution >= 0.6 is 0 Å². The Morgan fingerprint density at radius 3 is 1.75 bits per heavy atom. The normalized spacial score (nSPS) is 12.8. The number of nitrogens with one attached hydrogen (secondary N) is 2. The summed E-state index contributed by atoms with van der Waals surface area (Å²) in [5.74, 6) is 0. The van der Waals surface area contributed by atoms with Gasteiger partial charge in [0.2, 0.25) is 6.29 Å². The summed E-state index contributed by atoms with van der Waals surface area (Å²) in [7, 11) is 0. The predicted octanol–water partition coefficient (Wildman–Crippen LogP) is 4.86. The first kappa shape index (κ1) is 32.0. The van der Waals surface area contributed by atoms with Gasteiger partial charge in [-0.05, 0) is 35.1 Å². The van der Waals surface area contributed by atoms with Gasteiger partial charge in [-0.25, -0.2) is 9.59 Å². The van der Waals surface area contributed by atoms with E-state index in [0.717, 1.165) is 22.3 Å². The van der Waals surface area contributed by atoms with Crippen LogP contribution < -0.4 is 10.6 Å². The Morgan fingerprint density at radius 1 is 0.705 bits per heavy atom. The van der Waals surface area contributed by atoms with Crippen LogP contribution in [-0.2, 0) is 35.4 Å². The molecular formula is C36H38N3O5. The summed E-state index contributed by atoms with van der Waals surface area (Å²) in [4.78, 5) is 39.6. The molecule has 0 aliphatic heterocycles. The maximum atomic E-state index is 13.5. The molecule has 0 fully saturated rings. The van der Waals surface area contributed by atoms with Gasteiger partial charge < -0.3 is 25.4 Å². The molecule has 3 atom stereocenters. The number of hydrogen-bond donors (Lipinski definition) is 3. The number of nitrogens with zero attached hydrogens (tertiary/aromatic N) is 1. The molecule has 227 valence electrons. The molecule has 0 aromatic heterocycles. The van der Waals surface area contributed by atoms with E-state index in [2.05, 4.69) is 10.6 Å². The van der Waals surface area contributed by atoms with Gasteiger partial charge in [0.15, 0.2) is 0 Å². The second-order valence-electron chi connectivity index (χ2n) is 10.6. The molecule has 3 amide bonds. The van der Waals surface area contributed by atoms with Gasteiger partial charge in [0.05, 0.1) is 18.7 Å². The van der Waals surface area contributed by atoms with Crippen molar-refractivity contribution < 1.29 is 24.2 Å². The number of benzene rings is 4. The van der Waals surface area contributed by atoms with Crippen molar-refractivity contribution in [2.45, 2.75) is 44.1 Å². The summed E-state index contributed by atoms with van der Waals surface area (Å²) in [5, 5.41) is 17.0. The fourth-order valence-electron chi connectivity index (χ4n) is 4.82. The molecule has 0 saturated heterocycles. The molecular weight excluding hydrogens is 554 g/mol. The van der Waals surface area contributed by atoms with E-state index in [-0.39, 0.29) is 26.1 Å². The van der Waals surface area contributed by atoms with Gasteiger partial charge in [-0.1, -0.05) is 121 Å². The molecule has 4 aromatic rings. The Labute approximate surface area is 258 Å². The summed E-state index contributed by atoms with van der Waals surface area (Å²) in [6, 6.07) is 35.7. The van der Waals surface area contributed by atoms with E-state index in [1.165, 1.54) is 4.90 Å². The number of rotatable bonds is 15. The zero-order valence-electron chi connectivity index (χ0n) is 24.5. The first-order chi connectivity index (χ1) is 21.5. The highest BCUT2D eigenvalue weighted by Crippen LogP contribution is 2.11. The number of aliphatic hydroxyl groups excluding tert-OH is 1. The molecule has 1 radical (unpaired) electrons. The maximum absolute atomic E-state index is 13.5. The molecule has 0 saturated carbocycles. The van der Waals surface area contributed by atoms with Gasteiger partial charge in [-0.15, -0.1) is 0 Å². The molecule has 44 heavy (non-hydrogen) atoms. The standard InChI is InChI=1S/C36H38N3O5/c40-26-32(23-29-15-7-2-8-16-29)37-35(42)39(22-21-28-13-5-1-6-14-28)25-34(41)33(24-30-17-9-3-10-18-30)38-36(43)44-27-31-19-11-4-12-20-31/h1-20,32-34,41H,21-25,27H2,(H,37,42)(H,38,43)/t32-,33?,34?/m0/s1. The van der Waals surface area contributed by atoms with Crippen LogP contribution in [0.2, 0.25) is 0 Å². The zero-order valence-corrected chi connectivity index (χ0v) is 24.5. The topological polar surface area (TPSA) is 108 Å². The molecule has 0 aliphatic rings. The Bertz CT molecular complexity index is 1420. The van der Waals surface area contributed by atoms with E-state index in [9.17, 15) is 19.5 Å². The van der Waals surface area contributed by atoms with Crippen molar-refractivity contribution in [1.82, 2.24) is 15.5 Å². The number of urea groups is 1. The van der Waals surface area contributed by atoms with Crippen LogP contribution in [0.4, 0.5) is 9.59 Å². The lowest BCUT2D eigenvalue weighted by atomic mass is 10.0. The van der Waals surface area contributed by atoms with Crippen LogP contribution in [0.1, 0.15) is 22.3 Å². The number of carbonyl (C=O) groups is 2. The van der Waals surface area contributed by atoms with E-state index in [0.29, 0.717) is 12.8 Å². The molecule has 0 bridgehead atoms. The largest absolute Gasteiger partial charge is 0.445 e. The predicted molar refractivity (Wildman–Crippen MR) is 170 cm³/mol. The molecule has 4 aromatic carbocycles. The molecule has 0 aliphatic carbocycles. The van der Waals surface area contributed by atoms with Crippen molar-refractivity contribution in [2.24, 2.45) is 0 Å². The van der Waals surface area contributed by atoms with Crippen LogP contribution in [0.25, 0.3) is 0 Å². The Balaban J connectivity index is 1.47. The number of carbonyl (C=O) groups excluding carboxylic acids is 3. The Kier molecular flexibility index (Phi) is 12.5. The number of hydrogen-bond acceptors (Lipinski definition) is 5. The van der Waals surface area contributed by atoms with E-state index in [1.54, 1.807) is 0 Å². The van der Waals surface area contributed by atoms with Gasteiger partial charge in [-0.2, -0.15) is 0 Å². The van der Waals surface area contributed by atoms with Crippen LogP contribution in [0.5, 0.6) is 0 Å². The lowest BCUT2D eigenvalue weighted by Gasteiger charge is -2.31. The van der Waals surface area contributed by atoms with Crippen molar-refractivity contribution in [1.29, 1.82) is 0 Å². The van der Waals surface area contributed by atoms with Crippen molar-refractivity contribution in [3.8, 4) is 0 Å². The number of aliphatic hydroxyl groups is 1. The minimum Gasteiger partial charge on any atom is -0.445 e. The van der Waals surface area contributed by atoms with Gasteiger partial charge >= 0.3 is 12.1 Å². The molecule has 8 heteroatoms. The lowest BCUT2D eigenvalue weighted by molar-refractivity contribution is 0.0787. The van der Waals surface area contributed by atoms with Crippen LogP contribution in [-0.4, -0.2) is 59.7 Å². The Morgan fingerprint density at radius 2 is 1.20 bits per heavy atom. The van der Waals surface area contributed by atoms with E-state index in [1.807, 2.05) is 128 Å². The highest BCUT2D eigenvalue weighted by atomic mass is 16.5. The van der Waals surface area contributed by atoms with Crippen LogP contribution in [0.3, 0.4) is 0 Å². The second kappa shape index (κ2) is 17.2. The summed E-state index contributed by atoms with van der Waals surface area (Å²) in [5.41, 5.74) is 3.64. The second-order valence-corrected chi connectivity index (χ2v) is 10.6. The number of amides is 3. The third kappa shape index (κ3) is 10.7. The molecule has 3 N–H and O–H groups in total. The molecule has 2 unspecified atom stereocenters. The van der Waals surface area contributed by atoms with E-state index >= 15 is 0 Å². The summed E-state index contributed by atoms with van der Waals surface area (Å²) in [6.07, 6.45) is 1.25. The number of alkyl carbamates (subject to hydrolysis) is 1. The molecule has 0 heterocycles. The maximum Gasteiger partial charge on any atom is 0.407 e. The minimum atomic E-state index is -1.14. The van der Waals surface area contributed by atoms with Crippen molar-refractivity contribution in [3.05, 3.63) is 144 Å². The highest BCUT2D eigenvalue weighted by Gasteiger charge is 2.28. The average Bonchev–Trinajstić information content (AvgIpc) is 3.06. The smallest absolute Gasteiger partial charge is 0.407 e. The first-order valence-electron chi connectivity index (χ1n) is 14.7. The monoisotopic (exact) mass is 592 g/mol. The highest BCUT2D eigenvalue weighted by molar-refractivity contribution is 5.78. The van der Waals surface area contributed by atoms with Crippen molar-refractivity contribution in [3.63, 3.8) is 0 Å². The molecule has 4 rings (SSSR count). The minimum absolute atomic E-state index is 0.0808. The fraction of sp³-hybridized carbons (Fsp3) is 0.250. The lowest BCUT2D eigenvalue weighted by Crippen LogP contribution is -2.54.